The highest BCUT2D eigenvalue weighted by atomic mass is 79.9. The van der Waals surface area contributed by atoms with Gasteiger partial charge in [0.2, 0.25) is 0 Å². The predicted molar refractivity (Wildman–Crippen MR) is 58.4 cm³/mol. The normalized spacial score (nSPS) is 39.8. The Bertz CT molecular complexity index is 317. The van der Waals surface area contributed by atoms with Gasteiger partial charge in [-0.05, 0) is 0 Å². The van der Waals surface area contributed by atoms with E-state index in [0.717, 1.165) is 0 Å². The molecule has 6 nitrogen and oxygen atoms in total. The van der Waals surface area contributed by atoms with Crippen LogP contribution in [0.4, 0.5) is 0 Å². The number of carbonyl (C=O) groups is 2. The molecule has 96 valence electrons. The van der Waals surface area contributed by atoms with Crippen LogP contribution in [0.3, 0.4) is 0 Å². The number of halogens is 1. The monoisotopic (exact) mass is 308 g/mol. The van der Waals surface area contributed by atoms with Gasteiger partial charge in [-0.3, -0.25) is 9.59 Å². The van der Waals surface area contributed by atoms with E-state index in [4.69, 9.17) is 18.9 Å². The van der Waals surface area contributed by atoms with Crippen LogP contribution in [0.25, 0.3) is 0 Å². The van der Waals surface area contributed by atoms with Crippen LogP contribution in [0.5, 0.6) is 0 Å². The second-order valence-electron chi connectivity index (χ2n) is 3.97. The van der Waals surface area contributed by atoms with Gasteiger partial charge in [-0.25, -0.2) is 0 Å². The molecule has 0 unspecified atom stereocenters. The molecule has 0 amide bonds. The lowest BCUT2D eigenvalue weighted by Crippen LogP contribution is -2.54. The first-order valence-electron chi connectivity index (χ1n) is 5.24. The van der Waals surface area contributed by atoms with Crippen molar-refractivity contribution in [2.45, 2.75) is 43.3 Å². The van der Waals surface area contributed by atoms with Crippen LogP contribution in [0.1, 0.15) is 13.8 Å². The van der Waals surface area contributed by atoms with Crippen LogP contribution in [0.2, 0.25) is 0 Å². The lowest BCUT2D eigenvalue weighted by atomic mass is 10.0. The van der Waals surface area contributed by atoms with E-state index >= 15 is 0 Å². The van der Waals surface area contributed by atoms with Crippen molar-refractivity contribution in [1.29, 1.82) is 0 Å². The molecule has 0 aromatic heterocycles. The first-order valence-corrected chi connectivity index (χ1v) is 6.16. The molecule has 0 saturated carbocycles. The average Bonchev–Trinajstić information content (AvgIpc) is 2.65. The summed E-state index contributed by atoms with van der Waals surface area (Å²) in [6.45, 7) is 2.93. The fraction of sp³-hybridized carbons (Fsp3) is 0.800. The van der Waals surface area contributed by atoms with Gasteiger partial charge < -0.3 is 18.9 Å². The topological polar surface area (TPSA) is 71.1 Å². The number of hydrogen-bond donors (Lipinski definition) is 0. The van der Waals surface area contributed by atoms with Crippen LogP contribution < -0.4 is 0 Å². The van der Waals surface area contributed by atoms with E-state index in [1.54, 1.807) is 0 Å². The first kappa shape index (κ1) is 12.8. The Morgan fingerprint density at radius 2 is 1.76 bits per heavy atom. The van der Waals surface area contributed by atoms with Crippen LogP contribution >= 0.6 is 15.9 Å². The standard InChI is InChI=1S/C10H13BrO6/c1-4(12)15-8-6-3-14-10(17-6)7(11)9(8)16-5(2)13/h6-10H,3H2,1-2H3/t6-,7-,8+,9-,10-/m1/s1. The maximum absolute atomic E-state index is 11.1. The zero-order valence-electron chi connectivity index (χ0n) is 9.42. The SMILES string of the molecule is CC(=O)O[C@@H]1[C@@H](Br)[C@@H]2OC[C@@H](O2)[C@@H]1OC(C)=O. The van der Waals surface area contributed by atoms with Gasteiger partial charge in [-0.1, -0.05) is 15.9 Å². The molecular formula is C10H13BrO6. The summed E-state index contributed by atoms with van der Waals surface area (Å²) < 4.78 is 21.2. The van der Waals surface area contributed by atoms with E-state index in [9.17, 15) is 9.59 Å². The van der Waals surface area contributed by atoms with Crippen molar-refractivity contribution < 1.29 is 28.5 Å². The third-order valence-electron chi connectivity index (χ3n) is 2.60. The molecule has 0 radical (unpaired) electrons. The van der Waals surface area contributed by atoms with Gasteiger partial charge in [-0.15, -0.1) is 0 Å². The number of rotatable bonds is 2. The number of alkyl halides is 1. The molecule has 2 heterocycles. The molecule has 2 bridgehead atoms. The maximum Gasteiger partial charge on any atom is 0.303 e. The van der Waals surface area contributed by atoms with Crippen molar-refractivity contribution in [1.82, 2.24) is 0 Å². The van der Waals surface area contributed by atoms with E-state index in [1.165, 1.54) is 13.8 Å². The molecule has 2 fully saturated rings. The zero-order chi connectivity index (χ0) is 12.6. The summed E-state index contributed by atoms with van der Waals surface area (Å²) in [6, 6.07) is 0. The second-order valence-corrected chi connectivity index (χ2v) is 5.03. The molecule has 7 heteroatoms. The first-order chi connectivity index (χ1) is 7.99. The molecule has 0 spiro atoms. The number of carbonyl (C=O) groups excluding carboxylic acids is 2. The number of hydrogen-bond acceptors (Lipinski definition) is 6. The summed E-state index contributed by atoms with van der Waals surface area (Å²) in [6.07, 6.45) is -2.10. The van der Waals surface area contributed by atoms with Gasteiger partial charge in [0.25, 0.3) is 0 Å². The molecule has 2 rings (SSSR count). The number of esters is 2. The third kappa shape index (κ3) is 2.61. The Balaban J connectivity index is 2.16. The fourth-order valence-electron chi connectivity index (χ4n) is 1.99. The van der Waals surface area contributed by atoms with Crippen molar-refractivity contribution in [2.24, 2.45) is 0 Å². The van der Waals surface area contributed by atoms with Gasteiger partial charge in [0.15, 0.2) is 18.5 Å². The van der Waals surface area contributed by atoms with Crippen LogP contribution in [0.15, 0.2) is 0 Å². The minimum atomic E-state index is -0.639. The second kappa shape index (κ2) is 4.91. The molecule has 0 N–H and O–H groups in total. The van der Waals surface area contributed by atoms with Crippen molar-refractivity contribution >= 4 is 27.9 Å². The van der Waals surface area contributed by atoms with Crippen LogP contribution in [-0.4, -0.2) is 48.0 Å². The summed E-state index contributed by atoms with van der Waals surface area (Å²) in [7, 11) is 0. The molecular weight excluding hydrogens is 296 g/mol. The Hall–Kier alpha value is -0.660. The summed E-state index contributed by atoms with van der Waals surface area (Å²) in [5.41, 5.74) is 0. The minimum Gasteiger partial charge on any atom is -0.457 e. The summed E-state index contributed by atoms with van der Waals surface area (Å²) in [4.78, 5) is 21.8. The van der Waals surface area contributed by atoms with E-state index < -0.39 is 30.4 Å². The van der Waals surface area contributed by atoms with Gasteiger partial charge in [-0.2, -0.15) is 0 Å². The summed E-state index contributed by atoms with van der Waals surface area (Å²) >= 11 is 3.35. The molecule has 2 aliphatic rings. The Kier molecular flexibility index (Phi) is 3.70. The number of ether oxygens (including phenoxy) is 4. The van der Waals surface area contributed by atoms with Crippen LogP contribution in [0, 0.1) is 0 Å². The number of fused-ring (bicyclic) bond motifs is 2. The van der Waals surface area contributed by atoms with Gasteiger partial charge in [0.05, 0.1) is 6.61 Å². The molecule has 0 aromatic carbocycles. The van der Waals surface area contributed by atoms with E-state index in [1.807, 2.05) is 0 Å². The van der Waals surface area contributed by atoms with E-state index in [-0.39, 0.29) is 10.9 Å². The quantitative estimate of drug-likeness (QED) is 0.542. The van der Waals surface area contributed by atoms with Crippen molar-refractivity contribution in [3.63, 3.8) is 0 Å². The Morgan fingerprint density at radius 3 is 2.35 bits per heavy atom. The van der Waals surface area contributed by atoms with Crippen molar-refractivity contribution in [3.05, 3.63) is 0 Å². The highest BCUT2D eigenvalue weighted by molar-refractivity contribution is 9.09. The highest BCUT2D eigenvalue weighted by Gasteiger charge is 2.53. The zero-order valence-corrected chi connectivity index (χ0v) is 11.0. The smallest absolute Gasteiger partial charge is 0.303 e. The Labute approximate surface area is 107 Å². The minimum absolute atomic E-state index is 0.322. The third-order valence-corrected chi connectivity index (χ3v) is 3.55. The lowest BCUT2D eigenvalue weighted by Gasteiger charge is -2.36. The largest absolute Gasteiger partial charge is 0.457 e. The Morgan fingerprint density at radius 1 is 1.18 bits per heavy atom. The predicted octanol–water partition coefficient (Wildman–Crippen LogP) is 0.368. The molecule has 0 aromatic rings. The average molecular weight is 309 g/mol. The molecule has 5 atom stereocenters. The highest BCUT2D eigenvalue weighted by Crippen LogP contribution is 2.35. The van der Waals surface area contributed by atoms with Gasteiger partial charge in [0.1, 0.15) is 10.9 Å². The van der Waals surface area contributed by atoms with E-state index in [2.05, 4.69) is 15.9 Å². The summed E-state index contributed by atoms with van der Waals surface area (Å²) in [5, 5.41) is 0. The van der Waals surface area contributed by atoms with E-state index in [0.29, 0.717) is 6.61 Å². The maximum atomic E-state index is 11.1. The van der Waals surface area contributed by atoms with Crippen LogP contribution in [-0.2, 0) is 28.5 Å². The molecule has 2 saturated heterocycles. The van der Waals surface area contributed by atoms with Crippen molar-refractivity contribution in [3.8, 4) is 0 Å². The summed E-state index contributed by atoms with van der Waals surface area (Å²) in [5.74, 6) is -0.876. The molecule has 2 aliphatic heterocycles. The van der Waals surface area contributed by atoms with Gasteiger partial charge in [0, 0.05) is 13.8 Å². The molecule has 17 heavy (non-hydrogen) atoms. The van der Waals surface area contributed by atoms with Gasteiger partial charge >= 0.3 is 11.9 Å². The van der Waals surface area contributed by atoms with Crippen molar-refractivity contribution in [2.75, 3.05) is 6.61 Å². The molecule has 0 aliphatic carbocycles. The lowest BCUT2D eigenvalue weighted by molar-refractivity contribution is -0.199. The fourth-order valence-corrected chi connectivity index (χ4v) is 2.67.